The molecule has 0 aliphatic carbocycles. The molecule has 0 spiro atoms. The van der Waals surface area contributed by atoms with Gasteiger partial charge in [-0.15, -0.1) is 0 Å². The van der Waals surface area contributed by atoms with Crippen molar-refractivity contribution >= 4 is 23.0 Å². The third kappa shape index (κ3) is 6.12. The fourth-order valence-corrected chi connectivity index (χ4v) is 1.99. The number of benzene rings is 2. The summed E-state index contributed by atoms with van der Waals surface area (Å²) >= 11 is 0. The molecular formula is C16H13F3N2NaO5+. The van der Waals surface area contributed by atoms with Crippen molar-refractivity contribution in [1.82, 2.24) is 0 Å². The fraction of sp³-hybridized carbons (Fsp3) is 0.188. The Labute approximate surface area is 173 Å². The van der Waals surface area contributed by atoms with E-state index < -0.39 is 34.4 Å². The van der Waals surface area contributed by atoms with Crippen LogP contribution in [0.5, 0.6) is 5.75 Å². The van der Waals surface area contributed by atoms with Gasteiger partial charge in [-0.25, -0.2) is 4.79 Å². The summed E-state index contributed by atoms with van der Waals surface area (Å²) < 4.78 is 43.2. The number of aliphatic carboxylic acids is 1. The van der Waals surface area contributed by atoms with E-state index >= 15 is 0 Å². The normalized spacial score (nSPS) is 11.9. The van der Waals surface area contributed by atoms with Gasteiger partial charge < -0.3 is 15.2 Å². The summed E-state index contributed by atoms with van der Waals surface area (Å²) in [5.74, 6) is -0.889. The second kappa shape index (κ2) is 9.07. The summed E-state index contributed by atoms with van der Waals surface area (Å²) in [6.07, 6.45) is -5.76. The van der Waals surface area contributed by atoms with Crippen LogP contribution in [0.15, 0.2) is 42.5 Å². The van der Waals surface area contributed by atoms with Crippen LogP contribution in [0.3, 0.4) is 0 Å². The first kappa shape index (κ1) is 22.7. The number of nitro groups is 1. The van der Waals surface area contributed by atoms with Crippen molar-refractivity contribution in [3.8, 4) is 5.75 Å². The molecule has 2 aromatic carbocycles. The second-order valence-electron chi connectivity index (χ2n) is 5.23. The average Bonchev–Trinajstić information content (AvgIpc) is 2.55. The van der Waals surface area contributed by atoms with Gasteiger partial charge in [0, 0.05) is 11.8 Å². The second-order valence-corrected chi connectivity index (χ2v) is 5.23. The van der Waals surface area contributed by atoms with Gasteiger partial charge >= 0.3 is 41.7 Å². The van der Waals surface area contributed by atoms with Gasteiger partial charge in [-0.2, -0.15) is 13.2 Å². The molecule has 2 aromatic rings. The number of nitro benzene ring substituents is 1. The molecule has 27 heavy (non-hydrogen) atoms. The molecule has 0 aliphatic heterocycles. The zero-order valence-corrected chi connectivity index (χ0v) is 16.3. The number of nitrogens with zero attached hydrogens (tertiary/aromatic N) is 1. The molecule has 2 N–H and O–H groups in total. The Morgan fingerprint density at radius 3 is 2.30 bits per heavy atom. The Kier molecular flexibility index (Phi) is 7.64. The molecule has 2 rings (SSSR count). The van der Waals surface area contributed by atoms with Crippen molar-refractivity contribution in [3.63, 3.8) is 0 Å². The Morgan fingerprint density at radius 2 is 1.81 bits per heavy atom. The quantitative estimate of drug-likeness (QED) is 0.435. The van der Waals surface area contributed by atoms with Crippen LogP contribution < -0.4 is 39.6 Å². The van der Waals surface area contributed by atoms with E-state index in [9.17, 15) is 28.1 Å². The molecule has 0 bridgehead atoms. The minimum absolute atomic E-state index is 0. The van der Waals surface area contributed by atoms with Gasteiger partial charge in [-0.1, -0.05) is 0 Å². The molecule has 0 amide bonds. The number of anilines is 2. The minimum atomic E-state index is -4.69. The SMILES string of the molecule is CC(Oc1ccc(Nc2ccc(C(F)(F)F)cc2[N+](=O)[O-])cc1)C(=O)O.[Na+]. The number of rotatable bonds is 6. The van der Waals surface area contributed by atoms with E-state index in [4.69, 9.17) is 9.84 Å². The molecule has 7 nitrogen and oxygen atoms in total. The van der Waals surface area contributed by atoms with Crippen LogP contribution in [0.1, 0.15) is 12.5 Å². The summed E-state index contributed by atoms with van der Waals surface area (Å²) in [4.78, 5) is 20.9. The molecule has 138 valence electrons. The van der Waals surface area contributed by atoms with Crippen LogP contribution in [0.4, 0.5) is 30.2 Å². The number of hydrogen-bond donors (Lipinski definition) is 2. The zero-order chi connectivity index (χ0) is 19.5. The standard InChI is InChI=1S/C16H13F3N2O5.Na/c1-9(15(22)23)26-12-5-3-11(4-6-12)20-13-7-2-10(16(17,18)19)8-14(13)21(24)25;/h2-9,20H,1H3,(H,22,23);/q;+1. The first-order chi connectivity index (χ1) is 12.1. The molecule has 0 fully saturated rings. The van der Waals surface area contributed by atoms with E-state index in [-0.39, 0.29) is 41.0 Å². The number of hydrogen-bond acceptors (Lipinski definition) is 5. The van der Waals surface area contributed by atoms with Crippen LogP contribution in [0.2, 0.25) is 0 Å². The maximum absolute atomic E-state index is 12.7. The van der Waals surface area contributed by atoms with Gasteiger partial charge in [0.1, 0.15) is 11.4 Å². The van der Waals surface area contributed by atoms with Crippen molar-refractivity contribution in [3.05, 3.63) is 58.1 Å². The maximum Gasteiger partial charge on any atom is 1.00 e. The molecule has 11 heteroatoms. The molecule has 0 aliphatic rings. The minimum Gasteiger partial charge on any atom is -0.479 e. The van der Waals surface area contributed by atoms with Gasteiger partial charge in [0.05, 0.1) is 10.5 Å². The van der Waals surface area contributed by atoms with E-state index in [0.717, 1.165) is 12.1 Å². The van der Waals surface area contributed by atoms with Crippen molar-refractivity contribution in [2.75, 3.05) is 5.32 Å². The number of carbonyl (C=O) groups is 1. The first-order valence-electron chi connectivity index (χ1n) is 7.20. The molecule has 0 saturated carbocycles. The Bertz CT molecular complexity index is 828. The third-order valence-corrected chi connectivity index (χ3v) is 3.32. The Balaban J connectivity index is 0.00000364. The number of carboxylic acids is 1. The summed E-state index contributed by atoms with van der Waals surface area (Å²) in [7, 11) is 0. The molecule has 0 radical (unpaired) electrons. The van der Waals surface area contributed by atoms with Crippen LogP contribution in [0.25, 0.3) is 0 Å². The largest absolute Gasteiger partial charge is 1.00 e. The molecule has 0 saturated heterocycles. The summed E-state index contributed by atoms with van der Waals surface area (Å²) in [6.45, 7) is 1.35. The van der Waals surface area contributed by atoms with Gasteiger partial charge in [0.2, 0.25) is 0 Å². The van der Waals surface area contributed by atoms with E-state index in [1.165, 1.54) is 31.2 Å². The van der Waals surface area contributed by atoms with Crippen LogP contribution >= 0.6 is 0 Å². The summed E-state index contributed by atoms with van der Waals surface area (Å²) in [6, 6.07) is 7.92. The smallest absolute Gasteiger partial charge is 0.479 e. The number of halogens is 3. The van der Waals surface area contributed by atoms with Gasteiger partial charge in [-0.05, 0) is 43.3 Å². The zero-order valence-electron chi connectivity index (χ0n) is 14.3. The predicted octanol–water partition coefficient (Wildman–Crippen LogP) is 1.21. The Hall–Kier alpha value is -2.30. The van der Waals surface area contributed by atoms with E-state index in [0.29, 0.717) is 11.8 Å². The Morgan fingerprint density at radius 1 is 1.22 bits per heavy atom. The topological polar surface area (TPSA) is 102 Å². The van der Waals surface area contributed by atoms with E-state index in [1.54, 1.807) is 0 Å². The van der Waals surface area contributed by atoms with Crippen LogP contribution in [-0.2, 0) is 11.0 Å². The van der Waals surface area contributed by atoms with Crippen LogP contribution in [0, 0.1) is 10.1 Å². The summed E-state index contributed by atoms with van der Waals surface area (Å²) in [5, 5.41) is 22.5. The van der Waals surface area contributed by atoms with E-state index in [1.807, 2.05) is 0 Å². The van der Waals surface area contributed by atoms with Crippen LogP contribution in [-0.4, -0.2) is 22.1 Å². The van der Waals surface area contributed by atoms with Crippen molar-refractivity contribution in [2.45, 2.75) is 19.2 Å². The molecule has 0 aromatic heterocycles. The molecule has 1 unspecified atom stereocenters. The monoisotopic (exact) mass is 393 g/mol. The fourth-order valence-electron chi connectivity index (χ4n) is 1.99. The van der Waals surface area contributed by atoms with Gasteiger partial charge in [-0.3, -0.25) is 10.1 Å². The van der Waals surface area contributed by atoms with Gasteiger partial charge in [0.25, 0.3) is 5.69 Å². The third-order valence-electron chi connectivity index (χ3n) is 3.32. The number of carboxylic acid groups (broad SMARTS) is 1. The van der Waals surface area contributed by atoms with Crippen molar-refractivity contribution < 1.29 is 62.3 Å². The van der Waals surface area contributed by atoms with Crippen molar-refractivity contribution in [2.24, 2.45) is 0 Å². The molecule has 1 atom stereocenters. The van der Waals surface area contributed by atoms with Crippen molar-refractivity contribution in [1.29, 1.82) is 0 Å². The maximum atomic E-state index is 12.7. The summed E-state index contributed by atoms with van der Waals surface area (Å²) in [5.41, 5.74) is -1.61. The molecular weight excluding hydrogens is 380 g/mol. The molecule has 0 heterocycles. The number of ether oxygens (including phenoxy) is 1. The number of alkyl halides is 3. The number of nitrogens with one attached hydrogen (secondary N) is 1. The predicted molar refractivity (Wildman–Crippen MR) is 85.5 cm³/mol. The van der Waals surface area contributed by atoms with E-state index in [2.05, 4.69) is 5.32 Å². The average molecular weight is 393 g/mol. The first-order valence-corrected chi connectivity index (χ1v) is 7.20. The van der Waals surface area contributed by atoms with Gasteiger partial charge in [0.15, 0.2) is 6.10 Å².